The Morgan fingerprint density at radius 3 is 2.95 bits per heavy atom. The number of fused-ring (bicyclic) bond motifs is 1. The Morgan fingerprint density at radius 2 is 2.21 bits per heavy atom. The molecule has 4 nitrogen and oxygen atoms in total. The zero-order chi connectivity index (χ0) is 13.4. The van der Waals surface area contributed by atoms with Crippen molar-refractivity contribution in [2.75, 3.05) is 0 Å². The number of imidazole rings is 1. The molecule has 0 saturated heterocycles. The number of ether oxygens (including phenoxy) is 1. The summed E-state index contributed by atoms with van der Waals surface area (Å²) in [5.41, 5.74) is 0.408. The van der Waals surface area contributed by atoms with Crippen LogP contribution in [0.1, 0.15) is 10.5 Å². The third-order valence-electron chi connectivity index (χ3n) is 2.48. The molecule has 0 radical (unpaired) electrons. The predicted octanol–water partition coefficient (Wildman–Crippen LogP) is 4.53. The molecule has 0 spiro atoms. The van der Waals surface area contributed by atoms with Crippen LogP contribution in [0.4, 0.5) is 0 Å². The van der Waals surface area contributed by atoms with Crippen LogP contribution < -0.4 is 4.74 Å². The van der Waals surface area contributed by atoms with Crippen LogP contribution in [-0.4, -0.2) is 15.7 Å². The van der Waals surface area contributed by atoms with Crippen molar-refractivity contribution in [1.82, 2.24) is 9.38 Å². The number of hydrogen-bond donors (Lipinski definition) is 0. The normalized spacial score (nSPS) is 10.8. The highest BCUT2D eigenvalue weighted by molar-refractivity contribution is 9.11. The van der Waals surface area contributed by atoms with Crippen LogP contribution in [-0.2, 0) is 0 Å². The summed E-state index contributed by atoms with van der Waals surface area (Å²) in [4.78, 5) is 16.2. The summed E-state index contributed by atoms with van der Waals surface area (Å²) >= 11 is 8.23. The average molecular weight is 402 g/mol. The molecular weight excluding hydrogens is 396 g/mol. The second-order valence-electron chi connectivity index (χ2n) is 3.65. The summed E-state index contributed by atoms with van der Waals surface area (Å²) < 4.78 is 9.14. The highest BCUT2D eigenvalue weighted by atomic mass is 79.9. The van der Waals surface area contributed by atoms with Gasteiger partial charge in [0.25, 0.3) is 0 Å². The van der Waals surface area contributed by atoms with Gasteiger partial charge in [0.15, 0.2) is 16.9 Å². The standard InChI is InChI=1S/C12H6Br2N2O2S/c13-7-1-2-10(8(14)5-7)18-11-9(6-17)16-3-4-19-12(16)15-11/h1-6H. The van der Waals surface area contributed by atoms with Crippen molar-refractivity contribution >= 4 is 54.4 Å². The van der Waals surface area contributed by atoms with E-state index in [0.717, 1.165) is 20.2 Å². The Hall–Kier alpha value is -1.18. The fraction of sp³-hybridized carbons (Fsp3) is 0. The topological polar surface area (TPSA) is 43.6 Å². The molecule has 0 N–H and O–H groups in total. The maximum absolute atomic E-state index is 11.2. The molecular formula is C12H6Br2N2O2S. The summed E-state index contributed by atoms with van der Waals surface area (Å²) in [6.45, 7) is 0. The van der Waals surface area contributed by atoms with Gasteiger partial charge < -0.3 is 4.74 Å². The highest BCUT2D eigenvalue weighted by Crippen LogP contribution is 2.33. The molecule has 0 saturated carbocycles. The second kappa shape index (κ2) is 5.07. The third kappa shape index (κ3) is 2.33. The van der Waals surface area contributed by atoms with Gasteiger partial charge in [-0.1, -0.05) is 15.9 Å². The van der Waals surface area contributed by atoms with Crippen LogP contribution in [0.15, 0.2) is 38.7 Å². The van der Waals surface area contributed by atoms with Crippen LogP contribution in [0.2, 0.25) is 0 Å². The second-order valence-corrected chi connectivity index (χ2v) is 6.30. The highest BCUT2D eigenvalue weighted by Gasteiger charge is 2.15. The van der Waals surface area contributed by atoms with E-state index in [-0.39, 0.29) is 0 Å². The number of halogens is 2. The lowest BCUT2D eigenvalue weighted by Gasteiger charge is -2.05. The maximum Gasteiger partial charge on any atom is 0.250 e. The summed E-state index contributed by atoms with van der Waals surface area (Å²) in [5.74, 6) is 0.918. The van der Waals surface area contributed by atoms with Crippen molar-refractivity contribution < 1.29 is 9.53 Å². The zero-order valence-electron chi connectivity index (χ0n) is 9.34. The molecule has 0 unspecified atom stereocenters. The van der Waals surface area contributed by atoms with Crippen LogP contribution >= 0.6 is 43.2 Å². The molecule has 0 bridgehead atoms. The van der Waals surface area contributed by atoms with Crippen molar-refractivity contribution in [2.24, 2.45) is 0 Å². The van der Waals surface area contributed by atoms with Gasteiger partial charge in [0.05, 0.1) is 4.47 Å². The fourth-order valence-corrected chi connectivity index (χ4v) is 3.47. The van der Waals surface area contributed by atoms with Gasteiger partial charge in [0.1, 0.15) is 5.75 Å². The van der Waals surface area contributed by atoms with Crippen molar-refractivity contribution in [3.05, 3.63) is 44.4 Å². The molecule has 3 aromatic rings. The van der Waals surface area contributed by atoms with Gasteiger partial charge in [-0.25, -0.2) is 0 Å². The molecule has 7 heteroatoms. The molecule has 1 aromatic carbocycles. The number of aldehydes is 1. The predicted molar refractivity (Wildman–Crippen MR) is 80.4 cm³/mol. The SMILES string of the molecule is O=Cc1c(Oc2ccc(Br)cc2Br)nc2sccn12. The monoisotopic (exact) mass is 400 g/mol. The van der Waals surface area contributed by atoms with Crippen LogP contribution in [0.3, 0.4) is 0 Å². The molecule has 3 rings (SSSR count). The van der Waals surface area contributed by atoms with Crippen molar-refractivity contribution in [1.29, 1.82) is 0 Å². The first-order valence-electron chi connectivity index (χ1n) is 5.22. The molecule has 96 valence electrons. The summed E-state index contributed by atoms with van der Waals surface area (Å²) in [7, 11) is 0. The Bertz CT molecular complexity index is 766. The van der Waals surface area contributed by atoms with Gasteiger partial charge in [-0.2, -0.15) is 4.98 Å². The van der Waals surface area contributed by atoms with E-state index in [2.05, 4.69) is 36.8 Å². The molecule has 0 amide bonds. The van der Waals surface area contributed by atoms with Crippen molar-refractivity contribution in [3.8, 4) is 11.6 Å². The van der Waals surface area contributed by atoms with Gasteiger partial charge in [0.2, 0.25) is 5.88 Å². The number of thiazole rings is 1. The largest absolute Gasteiger partial charge is 0.436 e. The molecule has 0 aliphatic heterocycles. The molecule has 0 fully saturated rings. The van der Waals surface area contributed by atoms with E-state index in [9.17, 15) is 4.79 Å². The Balaban J connectivity index is 2.05. The van der Waals surface area contributed by atoms with Gasteiger partial charge in [-0.05, 0) is 34.1 Å². The first-order valence-corrected chi connectivity index (χ1v) is 7.69. The number of rotatable bonds is 3. The molecule has 2 heterocycles. The van der Waals surface area contributed by atoms with E-state index in [0.29, 0.717) is 17.3 Å². The molecule has 2 aromatic heterocycles. The number of carbonyl (C=O) groups is 1. The number of aromatic nitrogens is 2. The Kier molecular flexibility index (Phi) is 3.42. The molecule has 19 heavy (non-hydrogen) atoms. The minimum absolute atomic E-state index is 0.310. The van der Waals surface area contributed by atoms with E-state index in [4.69, 9.17) is 4.74 Å². The third-order valence-corrected chi connectivity index (χ3v) is 4.35. The Morgan fingerprint density at radius 1 is 1.37 bits per heavy atom. The first kappa shape index (κ1) is 12.8. The molecule has 0 aliphatic carbocycles. The number of hydrogen-bond acceptors (Lipinski definition) is 4. The maximum atomic E-state index is 11.2. The van der Waals surface area contributed by atoms with Crippen molar-refractivity contribution in [2.45, 2.75) is 0 Å². The van der Waals surface area contributed by atoms with E-state index < -0.39 is 0 Å². The minimum atomic E-state index is 0.310. The zero-order valence-corrected chi connectivity index (χ0v) is 13.3. The van der Waals surface area contributed by atoms with Gasteiger partial charge >= 0.3 is 0 Å². The van der Waals surface area contributed by atoms with Crippen molar-refractivity contribution in [3.63, 3.8) is 0 Å². The van der Waals surface area contributed by atoms with Crippen LogP contribution in [0, 0.1) is 0 Å². The van der Waals surface area contributed by atoms with E-state index in [1.165, 1.54) is 11.3 Å². The summed E-state index contributed by atoms with van der Waals surface area (Å²) in [6.07, 6.45) is 2.54. The van der Waals surface area contributed by atoms with Crippen LogP contribution in [0.5, 0.6) is 11.6 Å². The van der Waals surface area contributed by atoms with E-state index in [1.54, 1.807) is 16.7 Å². The summed E-state index contributed by atoms with van der Waals surface area (Å²) in [6, 6.07) is 5.53. The first-order chi connectivity index (χ1) is 9.19. The molecule has 0 aliphatic rings. The van der Waals surface area contributed by atoms with Gasteiger partial charge in [-0.3, -0.25) is 9.20 Å². The number of nitrogens with zero attached hydrogens (tertiary/aromatic N) is 2. The van der Waals surface area contributed by atoms with E-state index in [1.807, 2.05) is 17.5 Å². The number of carbonyl (C=O) groups excluding carboxylic acids is 1. The number of benzene rings is 1. The fourth-order valence-electron chi connectivity index (χ4n) is 1.63. The molecule has 0 atom stereocenters. The lowest BCUT2D eigenvalue weighted by Crippen LogP contribution is -1.92. The quantitative estimate of drug-likeness (QED) is 0.605. The minimum Gasteiger partial charge on any atom is -0.436 e. The Labute approximate surface area is 129 Å². The summed E-state index contributed by atoms with van der Waals surface area (Å²) in [5, 5.41) is 1.87. The average Bonchev–Trinajstić information content (AvgIpc) is 2.92. The lowest BCUT2D eigenvalue weighted by molar-refractivity contribution is 0.111. The van der Waals surface area contributed by atoms with Crippen LogP contribution in [0.25, 0.3) is 4.96 Å². The van der Waals surface area contributed by atoms with Gasteiger partial charge in [-0.15, -0.1) is 11.3 Å². The van der Waals surface area contributed by atoms with E-state index >= 15 is 0 Å². The smallest absolute Gasteiger partial charge is 0.250 e. The van der Waals surface area contributed by atoms with Gasteiger partial charge in [0, 0.05) is 16.0 Å². The lowest BCUT2D eigenvalue weighted by atomic mass is 10.3.